The van der Waals surface area contributed by atoms with Gasteiger partial charge in [0.2, 0.25) is 0 Å². The van der Waals surface area contributed by atoms with E-state index in [0.29, 0.717) is 6.61 Å². The zero-order valence-corrected chi connectivity index (χ0v) is 12.3. The molecule has 1 aromatic carbocycles. The number of benzene rings is 1. The molecule has 1 aliphatic rings. The summed E-state index contributed by atoms with van der Waals surface area (Å²) >= 11 is 0. The van der Waals surface area contributed by atoms with Crippen molar-refractivity contribution in [2.75, 3.05) is 0 Å². The summed E-state index contributed by atoms with van der Waals surface area (Å²) in [5, 5.41) is 4.39. The molecule has 2 aromatic rings. The van der Waals surface area contributed by atoms with E-state index in [4.69, 9.17) is 10.5 Å². The zero-order chi connectivity index (χ0) is 14.5. The summed E-state index contributed by atoms with van der Waals surface area (Å²) < 4.78 is 7.91. The van der Waals surface area contributed by atoms with Crippen molar-refractivity contribution >= 4 is 0 Å². The highest BCUT2D eigenvalue weighted by molar-refractivity contribution is 5.30. The monoisotopic (exact) mass is 285 g/mol. The molecule has 112 valence electrons. The Bertz CT molecular complexity index is 552. The number of ether oxygens (including phenoxy) is 1. The van der Waals surface area contributed by atoms with Gasteiger partial charge in [0, 0.05) is 17.8 Å². The average Bonchev–Trinajstić information content (AvgIpc) is 2.90. The quantitative estimate of drug-likeness (QED) is 0.878. The van der Waals surface area contributed by atoms with Crippen LogP contribution in [0.2, 0.25) is 0 Å². The van der Waals surface area contributed by atoms with Crippen LogP contribution < -0.4 is 5.73 Å². The standard InChI is InChI=1S/C17H23N3O/c18-16-9-5-2-6-10-17(16)21-13-14-11-19-20(12-14)15-7-3-1-4-8-15/h1,3-4,7-8,11-12,16-17H,2,5-6,9-10,13,18H2. The van der Waals surface area contributed by atoms with E-state index in [2.05, 4.69) is 5.10 Å². The topological polar surface area (TPSA) is 53.1 Å². The van der Waals surface area contributed by atoms with E-state index in [1.165, 1.54) is 19.3 Å². The number of para-hydroxylation sites is 1. The molecule has 1 aromatic heterocycles. The fraction of sp³-hybridized carbons (Fsp3) is 0.471. The second kappa shape index (κ2) is 6.87. The van der Waals surface area contributed by atoms with E-state index in [0.717, 1.165) is 24.1 Å². The molecule has 3 rings (SSSR count). The Hall–Kier alpha value is -1.65. The summed E-state index contributed by atoms with van der Waals surface area (Å²) in [5.41, 5.74) is 8.35. The smallest absolute Gasteiger partial charge is 0.0752 e. The van der Waals surface area contributed by atoms with Gasteiger partial charge in [-0.3, -0.25) is 0 Å². The summed E-state index contributed by atoms with van der Waals surface area (Å²) in [7, 11) is 0. The highest BCUT2D eigenvalue weighted by Gasteiger charge is 2.21. The van der Waals surface area contributed by atoms with Crippen LogP contribution in [-0.2, 0) is 11.3 Å². The van der Waals surface area contributed by atoms with Gasteiger partial charge in [0.25, 0.3) is 0 Å². The molecule has 2 N–H and O–H groups in total. The molecule has 0 aliphatic heterocycles. The van der Waals surface area contributed by atoms with Crippen molar-refractivity contribution in [3.8, 4) is 5.69 Å². The molecule has 4 heteroatoms. The van der Waals surface area contributed by atoms with E-state index in [-0.39, 0.29) is 12.1 Å². The first-order chi connectivity index (χ1) is 10.3. The molecular weight excluding hydrogens is 262 g/mol. The van der Waals surface area contributed by atoms with Gasteiger partial charge in [-0.2, -0.15) is 5.10 Å². The fourth-order valence-electron chi connectivity index (χ4n) is 2.87. The Balaban J connectivity index is 1.60. The third-order valence-electron chi connectivity index (χ3n) is 4.12. The number of aromatic nitrogens is 2. The maximum atomic E-state index is 6.19. The number of rotatable bonds is 4. The molecule has 1 heterocycles. The Labute approximate surface area is 125 Å². The molecule has 0 amide bonds. The van der Waals surface area contributed by atoms with Crippen LogP contribution in [0.5, 0.6) is 0 Å². The van der Waals surface area contributed by atoms with Crippen LogP contribution in [0.1, 0.15) is 37.7 Å². The highest BCUT2D eigenvalue weighted by atomic mass is 16.5. The van der Waals surface area contributed by atoms with Crippen molar-refractivity contribution < 1.29 is 4.74 Å². The SMILES string of the molecule is NC1CCCCCC1OCc1cnn(-c2ccccc2)c1. The van der Waals surface area contributed by atoms with Crippen LogP contribution in [0, 0.1) is 0 Å². The molecule has 0 spiro atoms. The average molecular weight is 285 g/mol. The van der Waals surface area contributed by atoms with E-state index >= 15 is 0 Å². The lowest BCUT2D eigenvalue weighted by atomic mass is 10.1. The van der Waals surface area contributed by atoms with Gasteiger partial charge in [-0.05, 0) is 25.0 Å². The minimum absolute atomic E-state index is 0.177. The normalized spacial score (nSPS) is 22.9. The minimum atomic E-state index is 0.177. The number of hydrogen-bond acceptors (Lipinski definition) is 3. The maximum Gasteiger partial charge on any atom is 0.0752 e. The molecule has 0 saturated heterocycles. The first kappa shape index (κ1) is 14.3. The molecule has 1 saturated carbocycles. The van der Waals surface area contributed by atoms with Crippen molar-refractivity contribution in [2.45, 2.75) is 50.9 Å². The fourth-order valence-corrected chi connectivity index (χ4v) is 2.87. The summed E-state index contributed by atoms with van der Waals surface area (Å²) in [6.45, 7) is 0.588. The molecule has 2 unspecified atom stereocenters. The van der Waals surface area contributed by atoms with Crippen LogP contribution in [0.4, 0.5) is 0 Å². The van der Waals surface area contributed by atoms with Crippen LogP contribution in [-0.4, -0.2) is 21.9 Å². The Morgan fingerprint density at radius 1 is 1.14 bits per heavy atom. The van der Waals surface area contributed by atoms with Crippen molar-refractivity contribution in [3.63, 3.8) is 0 Å². The first-order valence-electron chi connectivity index (χ1n) is 7.79. The Kier molecular flexibility index (Phi) is 4.68. The molecule has 1 fully saturated rings. The number of hydrogen-bond donors (Lipinski definition) is 1. The molecule has 0 bridgehead atoms. The zero-order valence-electron chi connectivity index (χ0n) is 12.3. The van der Waals surface area contributed by atoms with Gasteiger partial charge in [0.05, 0.1) is 24.6 Å². The molecule has 4 nitrogen and oxygen atoms in total. The van der Waals surface area contributed by atoms with E-state index in [9.17, 15) is 0 Å². The third-order valence-corrected chi connectivity index (χ3v) is 4.12. The molecular formula is C17H23N3O. The molecule has 2 atom stereocenters. The van der Waals surface area contributed by atoms with Gasteiger partial charge < -0.3 is 10.5 Å². The highest BCUT2D eigenvalue weighted by Crippen LogP contribution is 2.20. The third kappa shape index (κ3) is 3.71. The number of nitrogens with zero attached hydrogens (tertiary/aromatic N) is 2. The van der Waals surface area contributed by atoms with Crippen LogP contribution in [0.25, 0.3) is 5.69 Å². The summed E-state index contributed by atoms with van der Waals surface area (Å²) in [6, 6.07) is 10.3. The van der Waals surface area contributed by atoms with Gasteiger partial charge in [0.15, 0.2) is 0 Å². The predicted molar refractivity (Wildman–Crippen MR) is 83.2 cm³/mol. The second-order valence-corrected chi connectivity index (χ2v) is 5.78. The van der Waals surface area contributed by atoms with Crippen molar-refractivity contribution in [1.29, 1.82) is 0 Å². The lowest BCUT2D eigenvalue weighted by Crippen LogP contribution is -2.35. The van der Waals surface area contributed by atoms with Gasteiger partial charge in [-0.25, -0.2) is 4.68 Å². The van der Waals surface area contributed by atoms with Crippen molar-refractivity contribution in [2.24, 2.45) is 5.73 Å². The Morgan fingerprint density at radius 2 is 1.95 bits per heavy atom. The predicted octanol–water partition coefficient (Wildman–Crippen LogP) is 3.05. The van der Waals surface area contributed by atoms with E-state index in [1.54, 1.807) is 0 Å². The molecule has 21 heavy (non-hydrogen) atoms. The lowest BCUT2D eigenvalue weighted by Gasteiger charge is -2.21. The van der Waals surface area contributed by atoms with Crippen LogP contribution in [0.15, 0.2) is 42.7 Å². The summed E-state index contributed by atoms with van der Waals surface area (Å²) in [6.07, 6.45) is 9.97. The van der Waals surface area contributed by atoms with Gasteiger partial charge in [-0.1, -0.05) is 37.5 Å². The molecule has 0 radical (unpaired) electrons. The minimum Gasteiger partial charge on any atom is -0.372 e. The van der Waals surface area contributed by atoms with E-state index in [1.807, 2.05) is 47.4 Å². The van der Waals surface area contributed by atoms with Crippen LogP contribution >= 0.6 is 0 Å². The molecule has 1 aliphatic carbocycles. The summed E-state index contributed by atoms with van der Waals surface area (Å²) in [4.78, 5) is 0. The summed E-state index contributed by atoms with van der Waals surface area (Å²) in [5.74, 6) is 0. The maximum absolute atomic E-state index is 6.19. The second-order valence-electron chi connectivity index (χ2n) is 5.78. The van der Waals surface area contributed by atoms with Gasteiger partial charge >= 0.3 is 0 Å². The Morgan fingerprint density at radius 3 is 2.81 bits per heavy atom. The van der Waals surface area contributed by atoms with Gasteiger partial charge in [-0.15, -0.1) is 0 Å². The van der Waals surface area contributed by atoms with Crippen molar-refractivity contribution in [3.05, 3.63) is 48.3 Å². The lowest BCUT2D eigenvalue weighted by molar-refractivity contribution is 0.0194. The van der Waals surface area contributed by atoms with Crippen molar-refractivity contribution in [1.82, 2.24) is 9.78 Å². The van der Waals surface area contributed by atoms with E-state index < -0.39 is 0 Å². The number of nitrogens with two attached hydrogens (primary N) is 1. The van der Waals surface area contributed by atoms with Crippen LogP contribution in [0.3, 0.4) is 0 Å². The van der Waals surface area contributed by atoms with Gasteiger partial charge in [0.1, 0.15) is 0 Å². The largest absolute Gasteiger partial charge is 0.372 e. The first-order valence-corrected chi connectivity index (χ1v) is 7.79.